The van der Waals surface area contributed by atoms with E-state index in [4.69, 9.17) is 4.74 Å². The molecule has 0 saturated heterocycles. The van der Waals surface area contributed by atoms with Gasteiger partial charge in [0.15, 0.2) is 0 Å². The molecule has 1 atom stereocenters. The van der Waals surface area contributed by atoms with Crippen molar-refractivity contribution in [3.63, 3.8) is 0 Å². The van der Waals surface area contributed by atoms with Crippen molar-refractivity contribution in [2.45, 2.75) is 91.6 Å². The zero-order chi connectivity index (χ0) is 16.5. The molecule has 134 valence electrons. The molecular formula is C19H41NOS. The molecule has 0 radical (unpaired) electrons. The molecule has 0 aromatic carbocycles. The third kappa shape index (κ3) is 13.9. The summed E-state index contributed by atoms with van der Waals surface area (Å²) in [6.07, 6.45) is 12.0. The molecule has 0 bridgehead atoms. The Hall–Kier alpha value is 0.270. The minimum absolute atomic E-state index is 0.451. The SMILES string of the molecule is CCCCSCC(CCCC)OCN(CCCC)CCCC. The lowest BCUT2D eigenvalue weighted by Crippen LogP contribution is -2.32. The van der Waals surface area contributed by atoms with E-state index in [0.717, 1.165) is 6.73 Å². The molecule has 0 aromatic rings. The van der Waals surface area contributed by atoms with Crippen molar-refractivity contribution in [3.05, 3.63) is 0 Å². The molecule has 0 N–H and O–H groups in total. The highest BCUT2D eigenvalue weighted by Gasteiger charge is 2.12. The third-order valence-electron chi connectivity index (χ3n) is 3.97. The fourth-order valence-electron chi connectivity index (χ4n) is 2.32. The maximum atomic E-state index is 6.29. The molecule has 0 fully saturated rings. The van der Waals surface area contributed by atoms with Gasteiger partial charge in [-0.25, -0.2) is 0 Å². The topological polar surface area (TPSA) is 12.5 Å². The first-order valence-electron chi connectivity index (χ1n) is 9.70. The molecule has 0 aliphatic heterocycles. The minimum atomic E-state index is 0.451. The number of rotatable bonds is 17. The van der Waals surface area contributed by atoms with Crippen LogP contribution in [0.4, 0.5) is 0 Å². The number of ether oxygens (including phenoxy) is 1. The van der Waals surface area contributed by atoms with E-state index < -0.39 is 0 Å². The normalized spacial score (nSPS) is 13.0. The Morgan fingerprint density at radius 3 is 1.95 bits per heavy atom. The van der Waals surface area contributed by atoms with Crippen LogP contribution in [0.2, 0.25) is 0 Å². The van der Waals surface area contributed by atoms with Crippen LogP contribution in [0, 0.1) is 0 Å². The van der Waals surface area contributed by atoms with Gasteiger partial charge in [0, 0.05) is 18.8 Å². The highest BCUT2D eigenvalue weighted by molar-refractivity contribution is 7.99. The van der Waals surface area contributed by atoms with E-state index in [0.29, 0.717) is 6.10 Å². The van der Waals surface area contributed by atoms with Gasteiger partial charge < -0.3 is 4.74 Å². The monoisotopic (exact) mass is 331 g/mol. The predicted molar refractivity (Wildman–Crippen MR) is 103 cm³/mol. The molecule has 0 amide bonds. The minimum Gasteiger partial charge on any atom is -0.362 e. The Morgan fingerprint density at radius 1 is 0.818 bits per heavy atom. The van der Waals surface area contributed by atoms with Crippen LogP contribution in [0.25, 0.3) is 0 Å². The van der Waals surface area contributed by atoms with Crippen molar-refractivity contribution >= 4 is 11.8 Å². The summed E-state index contributed by atoms with van der Waals surface area (Å²) in [7, 11) is 0. The lowest BCUT2D eigenvalue weighted by atomic mass is 10.2. The van der Waals surface area contributed by atoms with Crippen LogP contribution in [0.5, 0.6) is 0 Å². The summed E-state index contributed by atoms with van der Waals surface area (Å²) in [4.78, 5) is 2.52. The van der Waals surface area contributed by atoms with Gasteiger partial charge in [0.05, 0.1) is 12.8 Å². The van der Waals surface area contributed by atoms with E-state index in [1.807, 2.05) is 0 Å². The van der Waals surface area contributed by atoms with Crippen LogP contribution < -0.4 is 0 Å². The first-order valence-corrected chi connectivity index (χ1v) is 10.9. The summed E-state index contributed by atoms with van der Waals surface area (Å²) in [5, 5.41) is 0. The van der Waals surface area contributed by atoms with Crippen LogP contribution in [0.3, 0.4) is 0 Å². The third-order valence-corrected chi connectivity index (χ3v) is 5.16. The first-order chi connectivity index (χ1) is 10.8. The molecule has 0 aliphatic rings. The smallest absolute Gasteiger partial charge is 0.0994 e. The Morgan fingerprint density at radius 2 is 1.41 bits per heavy atom. The van der Waals surface area contributed by atoms with E-state index >= 15 is 0 Å². The standard InChI is InChI=1S/C19H41NOS/c1-5-9-13-19(17-22-16-12-8-4)21-18-20(14-10-6-2)15-11-7-3/h19H,5-18H2,1-4H3. The van der Waals surface area contributed by atoms with Crippen molar-refractivity contribution in [1.82, 2.24) is 4.90 Å². The van der Waals surface area contributed by atoms with Gasteiger partial charge in [-0.3, -0.25) is 4.90 Å². The molecule has 0 rings (SSSR count). The summed E-state index contributed by atoms with van der Waals surface area (Å²) in [5.41, 5.74) is 0. The molecule has 2 nitrogen and oxygen atoms in total. The van der Waals surface area contributed by atoms with Crippen molar-refractivity contribution in [1.29, 1.82) is 0 Å². The second-order valence-corrected chi connectivity index (χ2v) is 7.46. The van der Waals surface area contributed by atoms with Crippen LogP contribution >= 0.6 is 11.8 Å². The second-order valence-electron chi connectivity index (χ2n) is 6.31. The van der Waals surface area contributed by atoms with Crippen LogP contribution in [-0.4, -0.2) is 42.3 Å². The van der Waals surface area contributed by atoms with E-state index in [1.165, 1.54) is 82.4 Å². The van der Waals surface area contributed by atoms with Crippen LogP contribution in [0.15, 0.2) is 0 Å². The van der Waals surface area contributed by atoms with E-state index in [-0.39, 0.29) is 0 Å². The average Bonchev–Trinajstić information content (AvgIpc) is 2.54. The zero-order valence-electron chi connectivity index (χ0n) is 15.7. The molecule has 0 aromatic heterocycles. The Balaban J connectivity index is 4.09. The van der Waals surface area contributed by atoms with Gasteiger partial charge in [0.2, 0.25) is 0 Å². The molecule has 0 spiro atoms. The molecule has 0 saturated carbocycles. The zero-order valence-corrected chi connectivity index (χ0v) is 16.6. The van der Waals surface area contributed by atoms with E-state index in [1.54, 1.807) is 0 Å². The molecule has 3 heteroatoms. The number of nitrogens with zero attached hydrogens (tertiary/aromatic N) is 1. The van der Waals surface area contributed by atoms with Crippen molar-refractivity contribution < 1.29 is 4.74 Å². The van der Waals surface area contributed by atoms with Gasteiger partial charge in [0.1, 0.15) is 0 Å². The lowest BCUT2D eigenvalue weighted by molar-refractivity contribution is -0.0173. The van der Waals surface area contributed by atoms with Crippen LogP contribution in [-0.2, 0) is 4.74 Å². The first kappa shape index (κ1) is 22.3. The molecular weight excluding hydrogens is 290 g/mol. The Bertz CT molecular complexity index is 206. The Kier molecular flexibility index (Phi) is 17.8. The fourth-order valence-corrected chi connectivity index (χ4v) is 3.51. The number of thioether (sulfide) groups is 1. The van der Waals surface area contributed by atoms with Gasteiger partial charge in [-0.05, 0) is 31.4 Å². The predicted octanol–water partition coefficient (Wildman–Crippen LogP) is 5.95. The molecule has 0 aliphatic carbocycles. The van der Waals surface area contributed by atoms with Crippen molar-refractivity contribution in [2.24, 2.45) is 0 Å². The van der Waals surface area contributed by atoms with E-state index in [9.17, 15) is 0 Å². The van der Waals surface area contributed by atoms with Gasteiger partial charge in [-0.2, -0.15) is 11.8 Å². The molecule has 22 heavy (non-hydrogen) atoms. The summed E-state index contributed by atoms with van der Waals surface area (Å²) in [6, 6.07) is 0. The quantitative estimate of drug-likeness (QED) is 0.241. The van der Waals surface area contributed by atoms with E-state index in [2.05, 4.69) is 44.4 Å². The highest BCUT2D eigenvalue weighted by atomic mass is 32.2. The number of unbranched alkanes of at least 4 members (excludes halogenated alkanes) is 4. The maximum Gasteiger partial charge on any atom is 0.0994 e. The Labute approximate surface area is 144 Å². The number of hydrogen-bond donors (Lipinski definition) is 0. The summed E-state index contributed by atoms with van der Waals surface area (Å²) < 4.78 is 6.29. The molecule has 0 heterocycles. The van der Waals surface area contributed by atoms with Crippen molar-refractivity contribution in [3.8, 4) is 0 Å². The van der Waals surface area contributed by atoms with Gasteiger partial charge in [-0.1, -0.05) is 59.8 Å². The number of hydrogen-bond acceptors (Lipinski definition) is 3. The average molecular weight is 332 g/mol. The summed E-state index contributed by atoms with van der Waals surface area (Å²) in [6.45, 7) is 12.3. The fraction of sp³-hybridized carbons (Fsp3) is 1.00. The second kappa shape index (κ2) is 17.6. The van der Waals surface area contributed by atoms with Gasteiger partial charge in [-0.15, -0.1) is 0 Å². The van der Waals surface area contributed by atoms with Crippen molar-refractivity contribution in [2.75, 3.05) is 31.3 Å². The lowest BCUT2D eigenvalue weighted by Gasteiger charge is -2.25. The highest BCUT2D eigenvalue weighted by Crippen LogP contribution is 2.14. The summed E-state index contributed by atoms with van der Waals surface area (Å²) >= 11 is 2.08. The van der Waals surface area contributed by atoms with Gasteiger partial charge in [0.25, 0.3) is 0 Å². The van der Waals surface area contributed by atoms with Crippen LogP contribution in [0.1, 0.15) is 85.5 Å². The maximum absolute atomic E-state index is 6.29. The molecule has 1 unspecified atom stereocenters. The largest absolute Gasteiger partial charge is 0.362 e. The summed E-state index contributed by atoms with van der Waals surface area (Å²) in [5.74, 6) is 2.47. The van der Waals surface area contributed by atoms with Gasteiger partial charge >= 0.3 is 0 Å².